The maximum atomic E-state index is 12.7. The lowest BCUT2D eigenvalue weighted by Crippen LogP contribution is -2.38. The Morgan fingerprint density at radius 2 is 1.76 bits per heavy atom. The highest BCUT2D eigenvalue weighted by atomic mass is 16.5. The number of rotatable bonds is 9. The van der Waals surface area contributed by atoms with Crippen LogP contribution in [0.4, 0.5) is 11.5 Å². The highest BCUT2D eigenvalue weighted by Crippen LogP contribution is 2.36. The molecule has 10 nitrogen and oxygen atoms in total. The number of carbonyl (C=O) groups excluding carboxylic acids is 2. The summed E-state index contributed by atoms with van der Waals surface area (Å²) in [5.74, 6) is 6.43. The molecule has 42 heavy (non-hydrogen) atoms. The lowest BCUT2D eigenvalue weighted by molar-refractivity contribution is -0.111. The van der Waals surface area contributed by atoms with E-state index >= 15 is 0 Å². The summed E-state index contributed by atoms with van der Waals surface area (Å²) >= 11 is 0. The van der Waals surface area contributed by atoms with Gasteiger partial charge in [0.2, 0.25) is 0 Å². The topological polar surface area (TPSA) is 115 Å². The number of pyridine rings is 2. The van der Waals surface area contributed by atoms with Crippen LogP contribution in [-0.2, 0) is 9.53 Å². The molecular weight excluding hydrogens is 534 g/mol. The standard InChI is InChI=1S/C32H31N5O5/c1-3-4-31(38)35-27-20-25-26(21-29(27)41-18-15-37-13-16-40-17-14-37)33-12-10-28(25)42-24-7-5-23(6-8-24)32(39)36-30-19-22(2)9-11-34-30/h5-12,19-21H,13-18H2,1-2H3,(H,35,38)(H,34,36,39). The number of morpholine rings is 1. The quantitative estimate of drug-likeness (QED) is 0.282. The molecule has 0 atom stereocenters. The monoisotopic (exact) mass is 565 g/mol. The van der Waals surface area contributed by atoms with Gasteiger partial charge in [-0.1, -0.05) is 5.92 Å². The molecule has 1 aliphatic heterocycles. The Kier molecular flexibility index (Phi) is 9.23. The van der Waals surface area contributed by atoms with E-state index in [9.17, 15) is 9.59 Å². The molecule has 0 bridgehead atoms. The predicted octanol–water partition coefficient (Wildman–Crippen LogP) is 4.66. The molecule has 2 aromatic heterocycles. The molecule has 2 N–H and O–H groups in total. The van der Waals surface area contributed by atoms with Crippen LogP contribution in [0.3, 0.4) is 0 Å². The third kappa shape index (κ3) is 7.40. The Labute approximate surface area is 244 Å². The minimum Gasteiger partial charge on any atom is -0.490 e. The summed E-state index contributed by atoms with van der Waals surface area (Å²) in [6, 6.07) is 15.7. The first-order valence-electron chi connectivity index (χ1n) is 13.6. The maximum Gasteiger partial charge on any atom is 0.300 e. The minimum absolute atomic E-state index is 0.272. The number of hydrogen-bond acceptors (Lipinski definition) is 8. The fraction of sp³-hybridized carbons (Fsp3) is 0.250. The molecule has 1 aliphatic rings. The number of carbonyl (C=O) groups is 2. The van der Waals surface area contributed by atoms with Crippen molar-refractivity contribution in [3.05, 3.63) is 78.1 Å². The smallest absolute Gasteiger partial charge is 0.300 e. The van der Waals surface area contributed by atoms with Gasteiger partial charge in [-0.25, -0.2) is 4.98 Å². The van der Waals surface area contributed by atoms with Gasteiger partial charge in [-0.05, 0) is 73.9 Å². The van der Waals surface area contributed by atoms with Crippen LogP contribution in [0.1, 0.15) is 22.8 Å². The molecule has 0 aliphatic carbocycles. The highest BCUT2D eigenvalue weighted by Gasteiger charge is 2.15. The number of hydrogen-bond donors (Lipinski definition) is 2. The van der Waals surface area contributed by atoms with Crippen molar-refractivity contribution in [1.82, 2.24) is 14.9 Å². The van der Waals surface area contributed by atoms with Crippen LogP contribution >= 0.6 is 0 Å². The molecule has 1 fully saturated rings. The summed E-state index contributed by atoms with van der Waals surface area (Å²) in [6.07, 6.45) is 3.29. The number of ether oxygens (including phenoxy) is 3. The molecule has 2 aromatic carbocycles. The van der Waals surface area contributed by atoms with E-state index in [4.69, 9.17) is 14.2 Å². The van der Waals surface area contributed by atoms with Gasteiger partial charge >= 0.3 is 0 Å². The van der Waals surface area contributed by atoms with Crippen LogP contribution in [0.15, 0.2) is 67.0 Å². The van der Waals surface area contributed by atoms with Crippen molar-refractivity contribution in [1.29, 1.82) is 0 Å². The van der Waals surface area contributed by atoms with E-state index in [0.29, 0.717) is 65.0 Å². The summed E-state index contributed by atoms with van der Waals surface area (Å²) in [4.78, 5) is 36.0. The van der Waals surface area contributed by atoms with Crippen LogP contribution in [0.25, 0.3) is 10.9 Å². The second kappa shape index (κ2) is 13.6. The second-order valence-corrected chi connectivity index (χ2v) is 9.61. The first kappa shape index (κ1) is 28.5. The molecule has 10 heteroatoms. The Hall–Kier alpha value is -4.98. The van der Waals surface area contributed by atoms with Crippen molar-refractivity contribution < 1.29 is 23.8 Å². The summed E-state index contributed by atoms with van der Waals surface area (Å²) in [6.45, 7) is 7.83. The average Bonchev–Trinajstić information content (AvgIpc) is 2.99. The molecule has 0 radical (unpaired) electrons. The number of aromatic nitrogens is 2. The molecule has 4 aromatic rings. The van der Waals surface area contributed by atoms with Crippen LogP contribution in [0, 0.1) is 18.8 Å². The SMILES string of the molecule is CC#CC(=O)Nc1cc2c(Oc3ccc(C(=O)Nc4cc(C)ccn4)cc3)ccnc2cc1OCCN1CCOCC1. The number of amides is 2. The molecule has 5 rings (SSSR count). The Balaban J connectivity index is 1.34. The van der Waals surface area contributed by atoms with E-state index in [2.05, 4.69) is 37.3 Å². The van der Waals surface area contributed by atoms with Gasteiger partial charge in [0.1, 0.15) is 29.7 Å². The van der Waals surface area contributed by atoms with Gasteiger partial charge in [-0.3, -0.25) is 19.5 Å². The van der Waals surface area contributed by atoms with Crippen LogP contribution in [0.5, 0.6) is 17.2 Å². The van der Waals surface area contributed by atoms with E-state index in [-0.39, 0.29) is 5.91 Å². The summed E-state index contributed by atoms with van der Waals surface area (Å²) in [7, 11) is 0. The first-order valence-corrected chi connectivity index (χ1v) is 13.6. The highest BCUT2D eigenvalue weighted by molar-refractivity contribution is 6.06. The van der Waals surface area contributed by atoms with E-state index < -0.39 is 5.91 Å². The van der Waals surface area contributed by atoms with Crippen molar-refractivity contribution in [3.8, 4) is 29.1 Å². The van der Waals surface area contributed by atoms with Gasteiger partial charge < -0.3 is 24.8 Å². The van der Waals surface area contributed by atoms with Crippen molar-refractivity contribution >= 4 is 34.2 Å². The van der Waals surface area contributed by atoms with Gasteiger partial charge in [0, 0.05) is 49.0 Å². The number of anilines is 2. The summed E-state index contributed by atoms with van der Waals surface area (Å²) in [5, 5.41) is 6.29. The molecule has 3 heterocycles. The van der Waals surface area contributed by atoms with Gasteiger partial charge in [0.15, 0.2) is 0 Å². The van der Waals surface area contributed by atoms with E-state index in [1.807, 2.05) is 13.0 Å². The van der Waals surface area contributed by atoms with Gasteiger partial charge in [0.05, 0.1) is 24.4 Å². The number of aryl methyl sites for hydroxylation is 1. The Morgan fingerprint density at radius 3 is 2.52 bits per heavy atom. The first-order chi connectivity index (χ1) is 20.5. The number of benzene rings is 2. The van der Waals surface area contributed by atoms with Crippen molar-refractivity contribution in [2.45, 2.75) is 13.8 Å². The lowest BCUT2D eigenvalue weighted by atomic mass is 10.1. The third-order valence-corrected chi connectivity index (χ3v) is 6.56. The largest absolute Gasteiger partial charge is 0.490 e. The number of nitrogens with zero attached hydrogens (tertiary/aromatic N) is 3. The van der Waals surface area contributed by atoms with E-state index in [1.54, 1.807) is 67.8 Å². The van der Waals surface area contributed by atoms with Crippen LogP contribution in [0.2, 0.25) is 0 Å². The van der Waals surface area contributed by atoms with Crippen molar-refractivity contribution in [2.75, 3.05) is 50.1 Å². The van der Waals surface area contributed by atoms with Gasteiger partial charge in [-0.15, -0.1) is 0 Å². The molecule has 0 spiro atoms. The summed E-state index contributed by atoms with van der Waals surface area (Å²) in [5.41, 5.74) is 2.56. The van der Waals surface area contributed by atoms with E-state index in [0.717, 1.165) is 25.2 Å². The molecule has 2 amide bonds. The summed E-state index contributed by atoms with van der Waals surface area (Å²) < 4.78 is 17.7. The van der Waals surface area contributed by atoms with Gasteiger partial charge in [-0.2, -0.15) is 0 Å². The predicted molar refractivity (Wildman–Crippen MR) is 160 cm³/mol. The fourth-order valence-corrected chi connectivity index (χ4v) is 4.43. The molecule has 1 saturated heterocycles. The average molecular weight is 566 g/mol. The van der Waals surface area contributed by atoms with Crippen molar-refractivity contribution in [3.63, 3.8) is 0 Å². The minimum atomic E-state index is -0.448. The van der Waals surface area contributed by atoms with E-state index in [1.165, 1.54) is 0 Å². The number of fused-ring (bicyclic) bond motifs is 1. The van der Waals surface area contributed by atoms with Crippen LogP contribution in [-0.4, -0.2) is 66.1 Å². The Bertz CT molecular complexity index is 1640. The third-order valence-electron chi connectivity index (χ3n) is 6.56. The second-order valence-electron chi connectivity index (χ2n) is 9.61. The van der Waals surface area contributed by atoms with Crippen molar-refractivity contribution in [2.24, 2.45) is 0 Å². The lowest BCUT2D eigenvalue weighted by Gasteiger charge is -2.26. The molecule has 0 saturated carbocycles. The zero-order valence-electron chi connectivity index (χ0n) is 23.5. The maximum absolute atomic E-state index is 12.7. The fourth-order valence-electron chi connectivity index (χ4n) is 4.43. The number of nitrogens with one attached hydrogen (secondary N) is 2. The normalized spacial score (nSPS) is 13.1. The zero-order chi connectivity index (χ0) is 29.3. The van der Waals surface area contributed by atoms with Crippen LogP contribution < -0.4 is 20.1 Å². The molecular formula is C32H31N5O5. The molecule has 0 unspecified atom stereocenters. The zero-order valence-corrected chi connectivity index (χ0v) is 23.5. The Morgan fingerprint density at radius 1 is 0.976 bits per heavy atom. The van der Waals surface area contributed by atoms with Gasteiger partial charge in [0.25, 0.3) is 11.8 Å². The molecule has 214 valence electrons.